The summed E-state index contributed by atoms with van der Waals surface area (Å²) in [4.78, 5) is 13.3. The first-order chi connectivity index (χ1) is 20.2. The molecule has 3 aliphatic rings. The van der Waals surface area contributed by atoms with Crippen LogP contribution in [0, 0.1) is 0 Å². The molecule has 0 saturated carbocycles. The molecule has 3 saturated heterocycles. The molecule has 0 atom stereocenters. The zero-order chi connectivity index (χ0) is 28.5. The van der Waals surface area contributed by atoms with E-state index >= 15 is 0 Å². The Morgan fingerprint density at radius 3 is 1.98 bits per heavy atom. The number of unbranched alkanes of at least 4 members (excludes halogenated alkanes) is 3. The van der Waals surface area contributed by atoms with Crippen molar-refractivity contribution in [1.82, 2.24) is 14.8 Å². The van der Waals surface area contributed by atoms with Gasteiger partial charge in [-0.15, -0.1) is 0 Å². The number of piperidine rings is 1. The molecule has 2 aromatic rings. The average Bonchev–Trinajstić information content (AvgIpc) is 3.46. The second-order valence-electron chi connectivity index (χ2n) is 12.8. The monoisotopic (exact) mass is 692 g/mol. The molecule has 0 radical (unpaired) electrons. The molecule has 0 unspecified atom stereocenters. The van der Waals surface area contributed by atoms with Crippen molar-refractivity contribution in [2.75, 3.05) is 70.6 Å². The summed E-state index contributed by atoms with van der Waals surface area (Å²) in [5, 5.41) is 1.44. The number of fused-ring (bicyclic) bond motifs is 1. The number of ether oxygens (including phenoxy) is 2. The van der Waals surface area contributed by atoms with Crippen LogP contribution in [-0.2, 0) is 16.0 Å². The van der Waals surface area contributed by atoms with Gasteiger partial charge in [0.2, 0.25) is 0 Å². The molecule has 0 amide bonds. The number of anilines is 1. The van der Waals surface area contributed by atoms with Crippen LogP contribution in [0.5, 0.6) is 0 Å². The molecule has 0 N–H and O–H groups in total. The van der Waals surface area contributed by atoms with E-state index in [1.807, 2.05) is 2.89 Å². The van der Waals surface area contributed by atoms with Gasteiger partial charge in [0.1, 0.15) is 0 Å². The van der Waals surface area contributed by atoms with Gasteiger partial charge in [-0.3, -0.25) is 0 Å². The summed E-state index contributed by atoms with van der Waals surface area (Å²) in [5.74, 6) is 1.24. The number of thiophene rings is 1. The van der Waals surface area contributed by atoms with Crippen LogP contribution >= 0.6 is 11.3 Å². The number of pyridine rings is 1. The van der Waals surface area contributed by atoms with E-state index in [1.54, 1.807) is 0 Å². The van der Waals surface area contributed by atoms with Gasteiger partial charge in [0.05, 0.1) is 13.2 Å². The Morgan fingerprint density at radius 1 is 0.805 bits per heavy atom. The van der Waals surface area contributed by atoms with E-state index in [9.17, 15) is 0 Å². The van der Waals surface area contributed by atoms with Crippen molar-refractivity contribution < 1.29 is 9.47 Å². The van der Waals surface area contributed by atoms with Crippen molar-refractivity contribution in [3.63, 3.8) is 0 Å². The summed E-state index contributed by atoms with van der Waals surface area (Å²) in [6.45, 7) is 18.0. The van der Waals surface area contributed by atoms with Crippen molar-refractivity contribution in [2.45, 2.75) is 98.0 Å². The first-order valence-electron chi connectivity index (χ1n) is 17.0. The predicted molar refractivity (Wildman–Crippen MR) is 178 cm³/mol. The fourth-order valence-electron chi connectivity index (χ4n) is 7.33. The average molecular weight is 692 g/mol. The second-order valence-corrected chi connectivity index (χ2v) is 28.1. The summed E-state index contributed by atoms with van der Waals surface area (Å²) in [6.07, 6.45) is 10.8. The summed E-state index contributed by atoms with van der Waals surface area (Å²) >= 11 is -0.318. The standard InChI is InChI=1S/C21H29N4O2S.3C4H9.Sn/c1-4-23(5-2-18(1)24-6-10-26-11-7-24)16-17-15-20-19(3-14-28-20)21(22-17)25-8-12-27-13-9-25;3*1-3-4-2;/h3,15,18H,1-2,4-13,16H2;3*1,3-4H2,2H3;. The fraction of sp³-hybridized carbons (Fsp3) is 0.788. The van der Waals surface area contributed by atoms with Gasteiger partial charge in [0, 0.05) is 0 Å². The maximum atomic E-state index is 5.76. The zero-order valence-electron chi connectivity index (χ0n) is 26.3. The van der Waals surface area contributed by atoms with Crippen molar-refractivity contribution in [1.29, 1.82) is 0 Å². The van der Waals surface area contributed by atoms with Crippen molar-refractivity contribution in [3.8, 4) is 0 Å². The Kier molecular flexibility index (Phi) is 12.5. The number of hydrogen-bond donors (Lipinski definition) is 0. The van der Waals surface area contributed by atoms with Gasteiger partial charge in [-0.2, -0.15) is 0 Å². The molecule has 2 aromatic heterocycles. The molecule has 8 heteroatoms. The van der Waals surface area contributed by atoms with E-state index in [0.717, 1.165) is 65.2 Å². The molecule has 0 spiro atoms. The fourth-order valence-corrected chi connectivity index (χ4v) is 27.6. The molecular weight excluding hydrogens is 635 g/mol. The number of rotatable bonds is 14. The first-order valence-corrected chi connectivity index (χ1v) is 25.3. The molecule has 3 aliphatic heterocycles. The molecule has 0 aliphatic carbocycles. The van der Waals surface area contributed by atoms with Gasteiger partial charge in [-0.25, -0.2) is 0 Å². The summed E-state index contributed by atoms with van der Waals surface area (Å²) in [5.41, 5.74) is 1.27. The van der Waals surface area contributed by atoms with Crippen LogP contribution in [-0.4, -0.2) is 105 Å². The summed E-state index contributed by atoms with van der Waals surface area (Å²) < 4.78 is 19.3. The first kappa shape index (κ1) is 32.0. The minimum absolute atomic E-state index is 0.726. The van der Waals surface area contributed by atoms with Gasteiger partial charge in [0.15, 0.2) is 0 Å². The Bertz CT molecular complexity index is 1040. The Balaban J connectivity index is 1.42. The Labute approximate surface area is 258 Å². The third kappa shape index (κ3) is 8.18. The van der Waals surface area contributed by atoms with Gasteiger partial charge >= 0.3 is 241 Å². The molecule has 6 nitrogen and oxygen atoms in total. The van der Waals surface area contributed by atoms with E-state index in [-0.39, 0.29) is 0 Å². The number of likely N-dealkylation sites (tertiary alicyclic amines) is 1. The number of hydrogen-bond acceptors (Lipinski definition) is 7. The minimum atomic E-state index is -2.51. The Hall–Kier alpha value is -0.451. The van der Waals surface area contributed by atoms with E-state index in [1.165, 1.54) is 99.4 Å². The van der Waals surface area contributed by atoms with E-state index in [4.69, 9.17) is 14.5 Å². The van der Waals surface area contributed by atoms with Crippen LogP contribution < -0.4 is 7.79 Å². The quantitative estimate of drug-likeness (QED) is 0.211. The maximum absolute atomic E-state index is 5.76. The SMILES string of the molecule is CCC[CH2][Sn]([CH2]CCC)([CH2]CCC)[c]1cc2c(N3CCOCC3)nc(CN3CCC(N4CCOCC4)CC3)cc2s1. The van der Waals surface area contributed by atoms with Crippen molar-refractivity contribution >= 4 is 48.5 Å². The molecule has 5 heterocycles. The molecule has 0 bridgehead atoms. The van der Waals surface area contributed by atoms with Gasteiger partial charge in [-0.05, 0) is 0 Å². The predicted octanol–water partition coefficient (Wildman–Crippen LogP) is 6.49. The number of morpholine rings is 2. The Morgan fingerprint density at radius 2 is 1.39 bits per heavy atom. The molecule has 41 heavy (non-hydrogen) atoms. The van der Waals surface area contributed by atoms with Crippen molar-refractivity contribution in [3.05, 3.63) is 17.8 Å². The van der Waals surface area contributed by atoms with Crippen LogP contribution in [0.2, 0.25) is 13.3 Å². The third-order valence-corrected chi connectivity index (χ3v) is 29.2. The topological polar surface area (TPSA) is 41.1 Å². The number of aromatic nitrogens is 1. The second kappa shape index (κ2) is 16.0. The van der Waals surface area contributed by atoms with Crippen LogP contribution in [0.1, 0.15) is 77.8 Å². The zero-order valence-corrected chi connectivity index (χ0v) is 30.0. The third-order valence-electron chi connectivity index (χ3n) is 9.91. The van der Waals surface area contributed by atoms with Crippen LogP contribution in [0.4, 0.5) is 5.82 Å². The van der Waals surface area contributed by atoms with Crippen molar-refractivity contribution in [2.24, 2.45) is 0 Å². The number of nitrogens with zero attached hydrogens (tertiary/aromatic N) is 4. The van der Waals surface area contributed by atoms with Crippen LogP contribution in [0.15, 0.2) is 12.1 Å². The molecule has 230 valence electrons. The molecule has 0 aromatic carbocycles. The molecular formula is C33H56N4O2SSn. The normalized spacial score (nSPS) is 20.3. The van der Waals surface area contributed by atoms with E-state index < -0.39 is 18.4 Å². The summed E-state index contributed by atoms with van der Waals surface area (Å²) in [7, 11) is 0. The van der Waals surface area contributed by atoms with Crippen LogP contribution in [0.25, 0.3) is 10.1 Å². The molecule has 3 fully saturated rings. The van der Waals surface area contributed by atoms with E-state index in [0.29, 0.717) is 0 Å². The van der Waals surface area contributed by atoms with E-state index in [2.05, 4.69) is 58.9 Å². The van der Waals surface area contributed by atoms with Gasteiger partial charge < -0.3 is 4.74 Å². The summed E-state index contributed by atoms with van der Waals surface area (Å²) in [6, 6.07) is 5.88. The van der Waals surface area contributed by atoms with Gasteiger partial charge in [-0.1, -0.05) is 0 Å². The molecule has 5 rings (SSSR count). The van der Waals surface area contributed by atoms with Gasteiger partial charge in [0.25, 0.3) is 0 Å². The van der Waals surface area contributed by atoms with Crippen LogP contribution in [0.3, 0.4) is 0 Å².